The molecule has 2 aromatic rings. The summed E-state index contributed by atoms with van der Waals surface area (Å²) < 4.78 is 46.8. The summed E-state index contributed by atoms with van der Waals surface area (Å²) in [6, 6.07) is 11.3. The Kier molecular flexibility index (Phi) is 8.74. The molecule has 2 aromatic carbocycles. The number of esters is 1. The Labute approximate surface area is 212 Å². The van der Waals surface area contributed by atoms with E-state index in [1.165, 1.54) is 35.7 Å². The Bertz CT molecular complexity index is 1160. The molecule has 2 aliphatic rings. The molecule has 0 unspecified atom stereocenters. The van der Waals surface area contributed by atoms with Crippen LogP contribution in [0.5, 0.6) is 0 Å². The summed E-state index contributed by atoms with van der Waals surface area (Å²) in [5, 5.41) is 2.97. The molecule has 1 N–H and O–H groups in total. The van der Waals surface area contributed by atoms with Gasteiger partial charge in [0, 0.05) is 12.6 Å². The molecule has 1 amide bonds. The summed E-state index contributed by atoms with van der Waals surface area (Å²) in [4.78, 5) is 25.2. The molecule has 9 heteroatoms. The number of rotatable bonds is 7. The van der Waals surface area contributed by atoms with Gasteiger partial charge in [0.05, 0.1) is 17.4 Å². The fraction of sp³-hybridized carbons (Fsp3) is 0.481. The fourth-order valence-corrected chi connectivity index (χ4v) is 6.71. The third-order valence-corrected chi connectivity index (χ3v) is 8.90. The van der Waals surface area contributed by atoms with Crippen molar-refractivity contribution in [2.45, 2.75) is 74.8 Å². The number of hydrogen-bond acceptors (Lipinski definition) is 5. The Hall–Kier alpha value is -2.78. The number of sulfonamides is 1. The molecule has 0 bridgehead atoms. The summed E-state index contributed by atoms with van der Waals surface area (Å²) >= 11 is 0. The smallest absolute Gasteiger partial charge is 0.308 e. The molecular weight excluding hydrogens is 483 g/mol. The van der Waals surface area contributed by atoms with Crippen molar-refractivity contribution in [3.63, 3.8) is 0 Å². The molecule has 1 saturated carbocycles. The molecule has 0 saturated heterocycles. The van der Waals surface area contributed by atoms with E-state index in [-0.39, 0.29) is 29.8 Å². The van der Waals surface area contributed by atoms with Gasteiger partial charge < -0.3 is 10.1 Å². The molecular formula is C27H33FN2O5S. The third-order valence-electron chi connectivity index (χ3n) is 6.98. The Balaban J connectivity index is 1.44. The summed E-state index contributed by atoms with van der Waals surface area (Å²) in [6.07, 6.45) is 7.83. The SMILES string of the molecule is O=C(COC(=O)C[C@H]1c2ccccc2CCN1S(=O)(=O)c1ccc(F)cc1)NC1CCCCCCC1. The summed E-state index contributed by atoms with van der Waals surface area (Å²) in [5.41, 5.74) is 1.69. The predicted molar refractivity (Wildman–Crippen MR) is 133 cm³/mol. The average Bonchev–Trinajstić information content (AvgIpc) is 2.84. The number of nitrogens with zero attached hydrogens (tertiary/aromatic N) is 1. The van der Waals surface area contributed by atoms with E-state index in [2.05, 4.69) is 5.32 Å². The molecule has 194 valence electrons. The summed E-state index contributed by atoms with van der Waals surface area (Å²) in [6.45, 7) is -0.217. The van der Waals surface area contributed by atoms with Gasteiger partial charge in [0.2, 0.25) is 10.0 Å². The summed E-state index contributed by atoms with van der Waals surface area (Å²) in [7, 11) is -3.99. The van der Waals surface area contributed by atoms with Crippen LogP contribution in [0.1, 0.15) is 68.5 Å². The molecule has 4 rings (SSSR count). The van der Waals surface area contributed by atoms with Crippen molar-refractivity contribution in [3.8, 4) is 0 Å². The zero-order chi connectivity index (χ0) is 25.5. The van der Waals surface area contributed by atoms with Gasteiger partial charge >= 0.3 is 5.97 Å². The van der Waals surface area contributed by atoms with Crippen molar-refractivity contribution in [1.29, 1.82) is 0 Å². The van der Waals surface area contributed by atoms with E-state index in [0.717, 1.165) is 48.9 Å². The van der Waals surface area contributed by atoms with Gasteiger partial charge in [-0.2, -0.15) is 4.31 Å². The summed E-state index contributed by atoms with van der Waals surface area (Å²) in [5.74, 6) is -1.52. The van der Waals surface area contributed by atoms with Crippen LogP contribution in [0.2, 0.25) is 0 Å². The maximum Gasteiger partial charge on any atom is 0.308 e. The van der Waals surface area contributed by atoms with Gasteiger partial charge in [0.15, 0.2) is 6.61 Å². The predicted octanol–water partition coefficient (Wildman–Crippen LogP) is 4.28. The van der Waals surface area contributed by atoms with Gasteiger partial charge in [-0.05, 0) is 54.7 Å². The van der Waals surface area contributed by atoms with E-state index >= 15 is 0 Å². The first-order chi connectivity index (χ1) is 17.3. The molecule has 36 heavy (non-hydrogen) atoms. The standard InChI is InChI=1S/C27H33FN2O5S/c28-21-12-14-23(15-13-21)36(33,34)30-17-16-20-8-6-7-11-24(20)25(30)18-27(32)35-19-26(31)29-22-9-4-2-1-3-5-10-22/h6-8,11-15,22,25H,1-5,9-10,16-19H2,(H,29,31)/t25-/m0/s1. The third kappa shape index (κ3) is 6.50. The second-order valence-corrected chi connectivity index (χ2v) is 11.4. The number of ether oxygens (including phenoxy) is 1. The van der Waals surface area contributed by atoms with Crippen LogP contribution in [0.3, 0.4) is 0 Å². The van der Waals surface area contributed by atoms with Crippen LogP contribution >= 0.6 is 0 Å². The molecule has 1 aliphatic carbocycles. The van der Waals surface area contributed by atoms with Gasteiger partial charge in [-0.25, -0.2) is 12.8 Å². The number of amides is 1. The van der Waals surface area contributed by atoms with Crippen molar-refractivity contribution in [1.82, 2.24) is 9.62 Å². The normalized spacial score (nSPS) is 19.5. The van der Waals surface area contributed by atoms with Crippen molar-refractivity contribution in [2.24, 2.45) is 0 Å². The first-order valence-electron chi connectivity index (χ1n) is 12.6. The molecule has 0 radical (unpaired) electrons. The number of carbonyl (C=O) groups excluding carboxylic acids is 2. The molecule has 7 nitrogen and oxygen atoms in total. The Morgan fingerprint density at radius 2 is 1.64 bits per heavy atom. The van der Waals surface area contributed by atoms with Crippen LogP contribution in [-0.2, 0) is 30.8 Å². The van der Waals surface area contributed by atoms with E-state index in [9.17, 15) is 22.4 Å². The molecule has 1 fully saturated rings. The van der Waals surface area contributed by atoms with Gasteiger partial charge in [-0.3, -0.25) is 9.59 Å². The van der Waals surface area contributed by atoms with Crippen LogP contribution in [0.4, 0.5) is 4.39 Å². The van der Waals surface area contributed by atoms with Crippen molar-refractivity contribution >= 4 is 21.9 Å². The average molecular weight is 517 g/mol. The zero-order valence-corrected chi connectivity index (χ0v) is 21.1. The van der Waals surface area contributed by atoms with E-state index < -0.39 is 34.5 Å². The highest BCUT2D eigenvalue weighted by molar-refractivity contribution is 7.89. The maximum atomic E-state index is 13.4. The van der Waals surface area contributed by atoms with E-state index in [1.54, 1.807) is 12.1 Å². The number of halogens is 1. The largest absolute Gasteiger partial charge is 0.456 e. The fourth-order valence-electron chi connectivity index (χ4n) is 5.10. The second kappa shape index (κ2) is 12.0. The first-order valence-corrected chi connectivity index (χ1v) is 14.1. The number of carbonyl (C=O) groups is 2. The monoisotopic (exact) mass is 516 g/mol. The molecule has 0 aromatic heterocycles. The lowest BCUT2D eigenvalue weighted by molar-refractivity contribution is -0.149. The van der Waals surface area contributed by atoms with E-state index in [0.29, 0.717) is 6.42 Å². The van der Waals surface area contributed by atoms with Crippen molar-refractivity contribution in [3.05, 3.63) is 65.5 Å². The van der Waals surface area contributed by atoms with Crippen molar-refractivity contribution < 1.29 is 27.1 Å². The topological polar surface area (TPSA) is 92.8 Å². The van der Waals surface area contributed by atoms with Crippen molar-refractivity contribution in [2.75, 3.05) is 13.2 Å². The van der Waals surface area contributed by atoms with Crippen LogP contribution in [0.15, 0.2) is 53.4 Å². The molecule has 0 spiro atoms. The van der Waals surface area contributed by atoms with Crippen LogP contribution in [-0.4, -0.2) is 43.8 Å². The van der Waals surface area contributed by atoms with Gasteiger partial charge in [-0.1, -0.05) is 56.4 Å². The molecule has 1 aliphatic heterocycles. The quantitative estimate of drug-likeness (QED) is 0.555. The lowest BCUT2D eigenvalue weighted by Gasteiger charge is -2.36. The number of fused-ring (bicyclic) bond motifs is 1. The minimum absolute atomic E-state index is 0.0415. The van der Waals surface area contributed by atoms with Crippen LogP contribution < -0.4 is 5.32 Å². The number of hydrogen-bond donors (Lipinski definition) is 1. The lowest BCUT2D eigenvalue weighted by Crippen LogP contribution is -2.41. The van der Waals surface area contributed by atoms with Crippen LogP contribution in [0.25, 0.3) is 0 Å². The van der Waals surface area contributed by atoms with Gasteiger partial charge in [0.25, 0.3) is 5.91 Å². The number of benzene rings is 2. The highest BCUT2D eigenvalue weighted by atomic mass is 32.2. The maximum absolute atomic E-state index is 13.4. The molecule has 1 atom stereocenters. The number of nitrogens with one attached hydrogen (secondary N) is 1. The highest BCUT2D eigenvalue weighted by Crippen LogP contribution is 2.36. The first kappa shape index (κ1) is 26.3. The minimum Gasteiger partial charge on any atom is -0.456 e. The van der Waals surface area contributed by atoms with Gasteiger partial charge in [-0.15, -0.1) is 0 Å². The van der Waals surface area contributed by atoms with Crippen LogP contribution in [0, 0.1) is 5.82 Å². The Morgan fingerprint density at radius 1 is 0.972 bits per heavy atom. The zero-order valence-electron chi connectivity index (χ0n) is 20.3. The minimum atomic E-state index is -3.99. The lowest BCUT2D eigenvalue weighted by atomic mass is 9.92. The van der Waals surface area contributed by atoms with Gasteiger partial charge in [0.1, 0.15) is 5.82 Å². The Morgan fingerprint density at radius 3 is 2.36 bits per heavy atom. The highest BCUT2D eigenvalue weighted by Gasteiger charge is 2.38. The van der Waals surface area contributed by atoms with E-state index in [4.69, 9.17) is 4.74 Å². The van der Waals surface area contributed by atoms with E-state index in [1.807, 2.05) is 12.1 Å². The second-order valence-electron chi connectivity index (χ2n) is 9.51. The molecule has 1 heterocycles.